The Balaban J connectivity index is 1.38. The minimum atomic E-state index is 0.751. The molecule has 1 aliphatic heterocycles. The molecule has 3 heterocycles. The average Bonchev–Trinajstić information content (AvgIpc) is 3.32. The van der Waals surface area contributed by atoms with Crippen LogP contribution in [0.4, 0.5) is 0 Å². The van der Waals surface area contributed by atoms with Gasteiger partial charge in [-0.1, -0.05) is 31.2 Å². The van der Waals surface area contributed by atoms with Crippen molar-refractivity contribution in [2.45, 2.75) is 46.3 Å². The fourth-order valence-corrected chi connectivity index (χ4v) is 4.11. The molecule has 5 heteroatoms. The molecule has 28 heavy (non-hydrogen) atoms. The van der Waals surface area contributed by atoms with E-state index >= 15 is 0 Å². The molecule has 5 nitrogen and oxygen atoms in total. The van der Waals surface area contributed by atoms with Gasteiger partial charge < -0.3 is 9.73 Å². The van der Waals surface area contributed by atoms with Crippen LogP contribution in [0.25, 0.3) is 11.5 Å². The van der Waals surface area contributed by atoms with E-state index in [1.54, 1.807) is 0 Å². The predicted octanol–water partition coefficient (Wildman–Crippen LogP) is 4.50. The minimum Gasteiger partial charge on any atom is -0.460 e. The molecule has 0 amide bonds. The first-order valence-corrected chi connectivity index (χ1v) is 10.3. The number of aromatic amines is 1. The molecule has 2 aromatic heterocycles. The zero-order chi connectivity index (χ0) is 19.3. The highest BCUT2D eigenvalue weighted by Crippen LogP contribution is 2.23. The summed E-state index contributed by atoms with van der Waals surface area (Å²) in [6.45, 7) is 9.39. The Labute approximate surface area is 167 Å². The van der Waals surface area contributed by atoms with E-state index in [4.69, 9.17) is 4.42 Å². The number of nitrogens with one attached hydrogen (secondary N) is 2. The van der Waals surface area contributed by atoms with Crippen molar-refractivity contribution in [2.75, 3.05) is 13.1 Å². The van der Waals surface area contributed by atoms with E-state index in [-0.39, 0.29) is 0 Å². The number of piperidine rings is 1. The number of aromatic nitrogens is 2. The lowest BCUT2D eigenvalue weighted by molar-refractivity contribution is 0.176. The highest BCUT2D eigenvalue weighted by molar-refractivity contribution is 5.56. The van der Waals surface area contributed by atoms with Crippen molar-refractivity contribution in [1.29, 1.82) is 0 Å². The number of likely N-dealkylation sites (tertiary alicyclic amines) is 1. The maximum absolute atomic E-state index is 5.74. The van der Waals surface area contributed by atoms with Crippen LogP contribution in [0.15, 0.2) is 47.0 Å². The summed E-state index contributed by atoms with van der Waals surface area (Å²) in [6, 6.07) is 12.8. The van der Waals surface area contributed by atoms with Crippen LogP contribution in [-0.4, -0.2) is 28.2 Å². The Morgan fingerprint density at radius 1 is 1.14 bits per heavy atom. The van der Waals surface area contributed by atoms with Gasteiger partial charge in [0.15, 0.2) is 5.76 Å². The Morgan fingerprint density at radius 3 is 2.75 bits per heavy atom. The molecule has 148 valence electrons. The molecule has 4 rings (SSSR count). The van der Waals surface area contributed by atoms with Crippen LogP contribution < -0.4 is 5.32 Å². The van der Waals surface area contributed by atoms with Gasteiger partial charge in [0.05, 0.1) is 6.20 Å². The van der Waals surface area contributed by atoms with Gasteiger partial charge in [-0.15, -0.1) is 0 Å². The number of rotatable bonds is 7. The van der Waals surface area contributed by atoms with Crippen molar-refractivity contribution in [3.63, 3.8) is 0 Å². The van der Waals surface area contributed by atoms with Gasteiger partial charge in [-0.2, -0.15) is 5.10 Å². The first-order chi connectivity index (χ1) is 13.7. The number of hydrogen-bond donors (Lipinski definition) is 2. The summed E-state index contributed by atoms with van der Waals surface area (Å²) in [4.78, 5) is 2.60. The Bertz CT molecular complexity index is 897. The third-order valence-electron chi connectivity index (χ3n) is 5.59. The molecule has 3 aromatic rings. The van der Waals surface area contributed by atoms with Gasteiger partial charge >= 0.3 is 0 Å². The normalized spacial score (nSPS) is 17.9. The van der Waals surface area contributed by atoms with Crippen molar-refractivity contribution in [1.82, 2.24) is 20.4 Å². The number of aryl methyl sites for hydroxylation is 1. The Hall–Kier alpha value is -2.37. The molecule has 1 saturated heterocycles. The maximum atomic E-state index is 5.74. The fraction of sp³-hybridized carbons (Fsp3) is 0.435. The molecule has 0 spiro atoms. The van der Waals surface area contributed by atoms with Gasteiger partial charge in [-0.05, 0) is 55.5 Å². The van der Waals surface area contributed by atoms with Gasteiger partial charge in [-0.25, -0.2) is 0 Å². The number of H-pyrrole nitrogens is 1. The van der Waals surface area contributed by atoms with Crippen molar-refractivity contribution in [3.8, 4) is 11.5 Å². The van der Waals surface area contributed by atoms with Crippen molar-refractivity contribution < 1.29 is 4.42 Å². The predicted molar refractivity (Wildman–Crippen MR) is 112 cm³/mol. The lowest BCUT2D eigenvalue weighted by Gasteiger charge is -2.31. The number of furan rings is 1. The van der Waals surface area contributed by atoms with Gasteiger partial charge in [0.25, 0.3) is 0 Å². The molecular formula is C23H30N4O. The summed E-state index contributed by atoms with van der Waals surface area (Å²) in [7, 11) is 0. The summed E-state index contributed by atoms with van der Waals surface area (Å²) in [6.07, 6.45) is 4.56. The van der Waals surface area contributed by atoms with Crippen LogP contribution in [0.5, 0.6) is 0 Å². The molecule has 1 aliphatic rings. The molecule has 1 atom stereocenters. The molecule has 1 fully saturated rings. The first-order valence-electron chi connectivity index (χ1n) is 10.3. The van der Waals surface area contributed by atoms with E-state index in [1.165, 1.54) is 37.1 Å². The van der Waals surface area contributed by atoms with E-state index < -0.39 is 0 Å². The van der Waals surface area contributed by atoms with Crippen LogP contribution in [0.1, 0.15) is 42.2 Å². The van der Waals surface area contributed by atoms with Crippen molar-refractivity contribution >= 4 is 0 Å². The third-order valence-corrected chi connectivity index (χ3v) is 5.59. The topological polar surface area (TPSA) is 57.1 Å². The van der Waals surface area contributed by atoms with E-state index in [9.17, 15) is 0 Å². The lowest BCUT2D eigenvalue weighted by atomic mass is 9.99. The van der Waals surface area contributed by atoms with Crippen LogP contribution >= 0.6 is 0 Å². The summed E-state index contributed by atoms with van der Waals surface area (Å²) in [5.74, 6) is 2.56. The fourth-order valence-electron chi connectivity index (χ4n) is 4.11. The highest BCUT2D eigenvalue weighted by Gasteiger charge is 2.17. The monoisotopic (exact) mass is 378 g/mol. The second kappa shape index (κ2) is 8.76. The summed E-state index contributed by atoms with van der Waals surface area (Å²) in [5.41, 5.74) is 4.88. The molecule has 0 aliphatic carbocycles. The van der Waals surface area contributed by atoms with E-state index in [0.29, 0.717) is 0 Å². The molecule has 0 bridgehead atoms. The largest absolute Gasteiger partial charge is 0.460 e. The molecular weight excluding hydrogens is 348 g/mol. The molecule has 0 saturated carbocycles. The molecule has 1 unspecified atom stereocenters. The molecule has 0 radical (unpaired) electrons. The molecule has 2 N–H and O–H groups in total. The third kappa shape index (κ3) is 4.54. The second-order valence-corrected chi connectivity index (χ2v) is 8.04. The van der Waals surface area contributed by atoms with Gasteiger partial charge in [0.2, 0.25) is 0 Å². The van der Waals surface area contributed by atoms with E-state index in [2.05, 4.69) is 51.6 Å². The smallest absolute Gasteiger partial charge is 0.152 e. The Morgan fingerprint density at radius 2 is 1.96 bits per heavy atom. The van der Waals surface area contributed by atoms with E-state index in [0.717, 1.165) is 48.3 Å². The highest BCUT2D eigenvalue weighted by atomic mass is 16.3. The van der Waals surface area contributed by atoms with E-state index in [1.807, 2.05) is 25.3 Å². The minimum absolute atomic E-state index is 0.751. The molecule has 1 aromatic carbocycles. The van der Waals surface area contributed by atoms with Crippen LogP contribution in [0.3, 0.4) is 0 Å². The standard InChI is InChI=1S/C23H30N4O/c1-17-6-5-11-27(15-17)16-20-8-4-3-7-19(20)12-24-13-21-14-25-26-23(21)22-10-9-18(2)28-22/h3-4,7-10,14,17,24H,5-6,11-13,15-16H2,1-2H3,(H,25,26). The average molecular weight is 379 g/mol. The summed E-state index contributed by atoms with van der Waals surface area (Å²) >= 11 is 0. The Kier molecular flexibility index (Phi) is 5.93. The van der Waals surface area contributed by atoms with Gasteiger partial charge in [0, 0.05) is 31.7 Å². The zero-order valence-electron chi connectivity index (χ0n) is 16.9. The van der Waals surface area contributed by atoms with Crippen molar-refractivity contribution in [2.24, 2.45) is 5.92 Å². The van der Waals surface area contributed by atoms with Gasteiger partial charge in [-0.3, -0.25) is 10.00 Å². The number of nitrogens with zero attached hydrogens (tertiary/aromatic N) is 2. The van der Waals surface area contributed by atoms with Crippen LogP contribution in [-0.2, 0) is 19.6 Å². The SMILES string of the molecule is Cc1ccc(-c2[nH]ncc2CNCc2ccccc2CN2CCCC(C)C2)o1. The second-order valence-electron chi connectivity index (χ2n) is 8.04. The number of hydrogen-bond acceptors (Lipinski definition) is 4. The van der Waals surface area contributed by atoms with Crippen molar-refractivity contribution in [3.05, 3.63) is 65.0 Å². The zero-order valence-corrected chi connectivity index (χ0v) is 16.9. The lowest BCUT2D eigenvalue weighted by Crippen LogP contribution is -2.34. The number of benzene rings is 1. The first kappa shape index (κ1) is 19.0. The quantitative estimate of drug-likeness (QED) is 0.636. The van der Waals surface area contributed by atoms with Gasteiger partial charge in [0.1, 0.15) is 11.5 Å². The summed E-state index contributed by atoms with van der Waals surface area (Å²) < 4.78 is 5.74. The summed E-state index contributed by atoms with van der Waals surface area (Å²) in [5, 5.41) is 10.9. The van der Waals surface area contributed by atoms with Crippen LogP contribution in [0, 0.1) is 12.8 Å². The maximum Gasteiger partial charge on any atom is 0.152 e. The van der Waals surface area contributed by atoms with Crippen LogP contribution in [0.2, 0.25) is 0 Å².